The summed E-state index contributed by atoms with van der Waals surface area (Å²) in [6.07, 6.45) is 3.42. The number of nitrogens with zero attached hydrogens (tertiary/aromatic N) is 2. The number of rotatable bonds is 8. The normalized spacial score (nSPS) is 11.3. The maximum absolute atomic E-state index is 12.3. The third-order valence-corrected chi connectivity index (χ3v) is 6.17. The zero-order valence-electron chi connectivity index (χ0n) is 17.6. The van der Waals surface area contributed by atoms with Crippen LogP contribution >= 0.6 is 0 Å². The Morgan fingerprint density at radius 2 is 1.71 bits per heavy atom. The number of carbonyl (C=O) groups is 1. The predicted molar refractivity (Wildman–Crippen MR) is 119 cm³/mol. The van der Waals surface area contributed by atoms with Crippen LogP contribution in [0.4, 0.5) is 4.79 Å². The lowest BCUT2D eigenvalue weighted by Gasteiger charge is -2.10. The van der Waals surface area contributed by atoms with Gasteiger partial charge in [-0.1, -0.05) is 31.2 Å². The molecule has 31 heavy (non-hydrogen) atoms. The van der Waals surface area contributed by atoms with E-state index >= 15 is 0 Å². The standard InChI is InChI=1S/C22H27N5O3S/c1-3-21-25-16(2)15-27(21)19-8-4-17(5-9-19)12-13-24-22(28)26-31(29,30)20-10-6-18(14-23)7-11-20/h4-11,15H,3,12-14,23H2,1-2H3,(H2,24,26,28). The lowest BCUT2D eigenvalue weighted by molar-refractivity contribution is 0.246. The van der Waals surface area contributed by atoms with Crippen LogP contribution < -0.4 is 15.8 Å². The van der Waals surface area contributed by atoms with Gasteiger partial charge in [-0.25, -0.2) is 22.9 Å². The maximum atomic E-state index is 12.3. The molecule has 0 aliphatic carbocycles. The molecule has 0 fully saturated rings. The van der Waals surface area contributed by atoms with Crippen molar-refractivity contribution in [3.05, 3.63) is 77.4 Å². The average molecular weight is 442 g/mol. The SMILES string of the molecule is CCc1nc(C)cn1-c1ccc(CCNC(=O)NS(=O)(=O)c2ccc(CN)cc2)cc1. The molecule has 2 amide bonds. The van der Waals surface area contributed by atoms with Crippen molar-refractivity contribution in [1.29, 1.82) is 0 Å². The molecule has 164 valence electrons. The molecule has 0 radical (unpaired) electrons. The second-order valence-corrected chi connectivity index (χ2v) is 8.83. The summed E-state index contributed by atoms with van der Waals surface area (Å²) in [7, 11) is -3.93. The molecule has 0 saturated heterocycles. The van der Waals surface area contributed by atoms with E-state index in [0.717, 1.165) is 34.8 Å². The molecule has 0 aliphatic rings. The van der Waals surface area contributed by atoms with Crippen LogP contribution in [-0.2, 0) is 29.4 Å². The molecule has 3 rings (SSSR count). The number of nitrogens with one attached hydrogen (secondary N) is 2. The minimum absolute atomic E-state index is 0.0108. The number of urea groups is 1. The first-order valence-electron chi connectivity index (χ1n) is 10.1. The smallest absolute Gasteiger partial charge is 0.328 e. The van der Waals surface area contributed by atoms with Gasteiger partial charge < -0.3 is 15.6 Å². The van der Waals surface area contributed by atoms with Crippen molar-refractivity contribution >= 4 is 16.1 Å². The molecule has 3 aromatic rings. The summed E-state index contributed by atoms with van der Waals surface area (Å²) in [6.45, 7) is 4.66. The van der Waals surface area contributed by atoms with Crippen molar-refractivity contribution in [3.63, 3.8) is 0 Å². The highest BCUT2D eigenvalue weighted by Gasteiger charge is 2.17. The Morgan fingerprint density at radius 3 is 2.32 bits per heavy atom. The fourth-order valence-electron chi connectivity index (χ4n) is 3.19. The van der Waals surface area contributed by atoms with Crippen molar-refractivity contribution in [2.75, 3.05) is 6.54 Å². The number of amides is 2. The van der Waals surface area contributed by atoms with E-state index < -0.39 is 16.1 Å². The molecule has 4 N–H and O–H groups in total. The summed E-state index contributed by atoms with van der Waals surface area (Å²) >= 11 is 0. The molecule has 1 heterocycles. The quantitative estimate of drug-likeness (QED) is 0.496. The van der Waals surface area contributed by atoms with Crippen LogP contribution in [-0.4, -0.2) is 30.5 Å². The number of carbonyl (C=O) groups excluding carboxylic acids is 1. The van der Waals surface area contributed by atoms with Gasteiger partial charge in [0.2, 0.25) is 0 Å². The van der Waals surface area contributed by atoms with E-state index in [1.54, 1.807) is 12.1 Å². The fourth-order valence-corrected chi connectivity index (χ4v) is 4.11. The largest absolute Gasteiger partial charge is 0.337 e. The molecule has 2 aromatic carbocycles. The van der Waals surface area contributed by atoms with Gasteiger partial charge in [0.25, 0.3) is 10.0 Å². The topological polar surface area (TPSA) is 119 Å². The second kappa shape index (κ2) is 9.76. The summed E-state index contributed by atoms with van der Waals surface area (Å²) in [4.78, 5) is 16.5. The summed E-state index contributed by atoms with van der Waals surface area (Å²) in [5.74, 6) is 1.00. The van der Waals surface area contributed by atoms with Crippen molar-refractivity contribution < 1.29 is 13.2 Å². The summed E-state index contributed by atoms with van der Waals surface area (Å²) < 4.78 is 28.7. The Balaban J connectivity index is 1.53. The number of hydrogen-bond acceptors (Lipinski definition) is 5. The average Bonchev–Trinajstić information content (AvgIpc) is 3.14. The number of hydrogen-bond donors (Lipinski definition) is 3. The number of imidazole rings is 1. The van der Waals surface area contributed by atoms with Crippen molar-refractivity contribution in [3.8, 4) is 5.69 Å². The Kier molecular flexibility index (Phi) is 7.09. The van der Waals surface area contributed by atoms with Gasteiger partial charge >= 0.3 is 6.03 Å². The van der Waals surface area contributed by atoms with E-state index in [1.807, 2.05) is 42.1 Å². The minimum Gasteiger partial charge on any atom is -0.337 e. The van der Waals surface area contributed by atoms with Gasteiger partial charge in [0, 0.05) is 31.4 Å². The van der Waals surface area contributed by atoms with Gasteiger partial charge in [-0.05, 0) is 48.7 Å². The molecule has 0 bridgehead atoms. The molecule has 0 saturated carbocycles. The zero-order chi connectivity index (χ0) is 22.4. The number of aryl methyl sites for hydroxylation is 2. The molecule has 9 heteroatoms. The molecule has 0 unspecified atom stereocenters. The maximum Gasteiger partial charge on any atom is 0.328 e. The van der Waals surface area contributed by atoms with Crippen LogP contribution in [0.15, 0.2) is 59.6 Å². The van der Waals surface area contributed by atoms with E-state index in [0.29, 0.717) is 19.5 Å². The Morgan fingerprint density at radius 1 is 1.06 bits per heavy atom. The van der Waals surface area contributed by atoms with Crippen molar-refractivity contribution in [2.24, 2.45) is 5.73 Å². The van der Waals surface area contributed by atoms with Crippen LogP contribution in [0.2, 0.25) is 0 Å². The summed E-state index contributed by atoms with van der Waals surface area (Å²) in [6, 6.07) is 13.3. The Labute approximate surface area is 182 Å². The number of nitrogens with two attached hydrogens (primary N) is 1. The molecule has 0 spiro atoms. The lowest BCUT2D eigenvalue weighted by atomic mass is 10.1. The van der Waals surface area contributed by atoms with Gasteiger partial charge in [0.05, 0.1) is 10.6 Å². The zero-order valence-corrected chi connectivity index (χ0v) is 18.4. The van der Waals surface area contributed by atoms with Gasteiger partial charge in [0.15, 0.2) is 0 Å². The van der Waals surface area contributed by atoms with Gasteiger partial charge in [-0.2, -0.15) is 0 Å². The number of sulfonamides is 1. The van der Waals surface area contributed by atoms with E-state index in [-0.39, 0.29) is 4.90 Å². The van der Waals surface area contributed by atoms with E-state index in [2.05, 4.69) is 21.8 Å². The Bertz CT molecular complexity index is 1140. The summed E-state index contributed by atoms with van der Waals surface area (Å²) in [5, 5.41) is 2.58. The van der Waals surface area contributed by atoms with Crippen molar-refractivity contribution in [1.82, 2.24) is 19.6 Å². The number of aromatic nitrogens is 2. The fraction of sp³-hybridized carbons (Fsp3) is 0.273. The molecule has 1 aromatic heterocycles. The summed E-state index contributed by atoms with van der Waals surface area (Å²) in [5.41, 5.74) is 9.35. The van der Waals surface area contributed by atoms with Gasteiger partial charge in [-0.3, -0.25) is 0 Å². The van der Waals surface area contributed by atoms with Crippen LogP contribution in [0.3, 0.4) is 0 Å². The predicted octanol–water partition coefficient (Wildman–Crippen LogP) is 2.43. The van der Waals surface area contributed by atoms with Gasteiger partial charge in [0.1, 0.15) is 5.82 Å². The molecule has 0 aliphatic heterocycles. The highest BCUT2D eigenvalue weighted by molar-refractivity contribution is 7.90. The van der Waals surface area contributed by atoms with Crippen LogP contribution in [0, 0.1) is 6.92 Å². The first-order chi connectivity index (χ1) is 14.8. The van der Waals surface area contributed by atoms with Crippen LogP contribution in [0.5, 0.6) is 0 Å². The van der Waals surface area contributed by atoms with Crippen molar-refractivity contribution in [2.45, 2.75) is 38.1 Å². The van der Waals surface area contributed by atoms with E-state index in [9.17, 15) is 13.2 Å². The third kappa shape index (κ3) is 5.71. The first-order valence-corrected chi connectivity index (χ1v) is 11.5. The van der Waals surface area contributed by atoms with E-state index in [1.165, 1.54) is 12.1 Å². The van der Waals surface area contributed by atoms with Gasteiger partial charge in [-0.15, -0.1) is 0 Å². The Hall–Kier alpha value is -3.17. The lowest BCUT2D eigenvalue weighted by Crippen LogP contribution is -2.40. The third-order valence-electron chi connectivity index (χ3n) is 4.83. The minimum atomic E-state index is -3.93. The monoisotopic (exact) mass is 441 g/mol. The molecule has 0 atom stereocenters. The highest BCUT2D eigenvalue weighted by Crippen LogP contribution is 2.15. The molecular formula is C22H27N5O3S. The molecular weight excluding hydrogens is 414 g/mol. The number of benzene rings is 2. The van der Waals surface area contributed by atoms with Crippen LogP contribution in [0.1, 0.15) is 29.6 Å². The highest BCUT2D eigenvalue weighted by atomic mass is 32.2. The first kappa shape index (κ1) is 22.5. The van der Waals surface area contributed by atoms with Crippen LogP contribution in [0.25, 0.3) is 5.69 Å². The van der Waals surface area contributed by atoms with E-state index in [4.69, 9.17) is 5.73 Å². The second-order valence-electron chi connectivity index (χ2n) is 7.15. The molecule has 8 nitrogen and oxygen atoms in total.